The lowest BCUT2D eigenvalue weighted by atomic mass is 10.1. The first-order valence-electron chi connectivity index (χ1n) is 4.78. The molecule has 0 aromatic heterocycles. The van der Waals surface area contributed by atoms with Crippen molar-refractivity contribution < 1.29 is 14.8 Å². The van der Waals surface area contributed by atoms with E-state index >= 15 is 0 Å². The second-order valence-electron chi connectivity index (χ2n) is 3.62. The molecule has 0 saturated carbocycles. The monoisotopic (exact) mass is 236 g/mol. The molecule has 0 heterocycles. The summed E-state index contributed by atoms with van der Waals surface area (Å²) in [5.41, 5.74) is 0.188. The maximum absolute atomic E-state index is 11.1. The number of carboxylic acid groups (broad SMARTS) is 1. The number of aliphatic carboxylic acids is 1. The molecule has 0 spiro atoms. The van der Waals surface area contributed by atoms with Crippen molar-refractivity contribution in [2.45, 2.75) is 0 Å². The van der Waals surface area contributed by atoms with Crippen LogP contribution in [0.3, 0.4) is 0 Å². The molecule has 6 nitrogen and oxygen atoms in total. The van der Waals surface area contributed by atoms with Crippen molar-refractivity contribution in [3.8, 4) is 0 Å². The predicted molar refractivity (Wildman–Crippen MR) is 62.4 cm³/mol. The molecule has 0 atom stereocenters. The molecule has 0 aliphatic heterocycles. The Kier molecular flexibility index (Phi) is 3.82. The minimum atomic E-state index is -1.13. The average molecular weight is 236 g/mol. The number of nitro groups is 1. The molecular weight excluding hydrogens is 224 g/mol. The molecule has 0 unspecified atom stereocenters. The minimum Gasteiger partial charge on any atom is -0.478 e. The Morgan fingerprint density at radius 2 is 2.12 bits per heavy atom. The fraction of sp³-hybridized carbons (Fsp3) is 0.182. The average Bonchev–Trinajstić information content (AvgIpc) is 2.25. The van der Waals surface area contributed by atoms with Crippen LogP contribution >= 0.6 is 0 Å². The minimum absolute atomic E-state index is 0.0127. The zero-order chi connectivity index (χ0) is 13.0. The molecule has 0 aliphatic carbocycles. The van der Waals surface area contributed by atoms with Crippen molar-refractivity contribution in [3.05, 3.63) is 46.1 Å². The van der Waals surface area contributed by atoms with E-state index < -0.39 is 10.9 Å². The topological polar surface area (TPSA) is 83.7 Å². The highest BCUT2D eigenvalue weighted by atomic mass is 16.6. The van der Waals surface area contributed by atoms with Gasteiger partial charge in [0.1, 0.15) is 0 Å². The molecule has 17 heavy (non-hydrogen) atoms. The number of nitro benzene ring substituents is 1. The zero-order valence-corrected chi connectivity index (χ0v) is 9.45. The van der Waals surface area contributed by atoms with E-state index in [1.807, 2.05) is 0 Å². The van der Waals surface area contributed by atoms with Crippen LogP contribution in [0.2, 0.25) is 0 Å². The summed E-state index contributed by atoms with van der Waals surface area (Å²) in [5.74, 6) is -1.13. The largest absolute Gasteiger partial charge is 0.478 e. The first-order valence-corrected chi connectivity index (χ1v) is 4.78. The van der Waals surface area contributed by atoms with Gasteiger partial charge < -0.3 is 10.0 Å². The van der Waals surface area contributed by atoms with E-state index in [1.54, 1.807) is 19.0 Å². The van der Waals surface area contributed by atoms with Crippen LogP contribution in [0.15, 0.2) is 30.5 Å². The number of non-ortho nitro benzene ring substituents is 1. The van der Waals surface area contributed by atoms with Crippen molar-refractivity contribution in [1.82, 2.24) is 4.90 Å². The first-order chi connectivity index (χ1) is 7.91. The van der Waals surface area contributed by atoms with Gasteiger partial charge in [0, 0.05) is 32.4 Å². The highest BCUT2D eigenvalue weighted by molar-refractivity contribution is 6.15. The first kappa shape index (κ1) is 12.7. The Bertz CT molecular complexity index is 480. The molecule has 1 rings (SSSR count). The number of hydrogen-bond acceptors (Lipinski definition) is 4. The van der Waals surface area contributed by atoms with Gasteiger partial charge in [-0.2, -0.15) is 0 Å². The van der Waals surface area contributed by atoms with Gasteiger partial charge in [0.05, 0.1) is 10.5 Å². The summed E-state index contributed by atoms with van der Waals surface area (Å²) in [6.07, 6.45) is 1.40. The molecule has 90 valence electrons. The maximum Gasteiger partial charge on any atom is 0.337 e. The standard InChI is InChI=1S/C11H12N2O4/c1-12(2)7-10(11(14)15)8-4-3-5-9(6-8)13(16)17/h3-7H,1-2H3,(H,14,15)/b10-7+. The Morgan fingerprint density at radius 1 is 1.47 bits per heavy atom. The number of carbonyl (C=O) groups is 1. The number of nitrogens with zero attached hydrogens (tertiary/aromatic N) is 2. The number of hydrogen-bond donors (Lipinski definition) is 1. The van der Waals surface area contributed by atoms with E-state index in [0.29, 0.717) is 5.56 Å². The third-order valence-corrected chi connectivity index (χ3v) is 1.99. The molecular formula is C11H12N2O4. The predicted octanol–water partition coefficient (Wildman–Crippen LogP) is 1.58. The highest BCUT2D eigenvalue weighted by Gasteiger charge is 2.14. The van der Waals surface area contributed by atoms with E-state index in [2.05, 4.69) is 0 Å². The molecule has 0 radical (unpaired) electrons. The fourth-order valence-corrected chi connectivity index (χ4v) is 1.30. The number of benzene rings is 1. The van der Waals surface area contributed by atoms with Gasteiger partial charge in [-0.3, -0.25) is 10.1 Å². The molecule has 0 amide bonds. The van der Waals surface area contributed by atoms with Crippen molar-refractivity contribution in [1.29, 1.82) is 0 Å². The van der Waals surface area contributed by atoms with Gasteiger partial charge in [0.15, 0.2) is 0 Å². The van der Waals surface area contributed by atoms with Crippen LogP contribution in [-0.4, -0.2) is 35.0 Å². The van der Waals surface area contributed by atoms with E-state index in [0.717, 1.165) is 0 Å². The van der Waals surface area contributed by atoms with Crippen molar-refractivity contribution >= 4 is 17.2 Å². The zero-order valence-electron chi connectivity index (χ0n) is 9.45. The van der Waals surface area contributed by atoms with Crippen molar-refractivity contribution in [2.24, 2.45) is 0 Å². The number of carboxylic acids is 1. The Balaban J connectivity index is 3.25. The van der Waals surface area contributed by atoms with Crippen LogP contribution in [0.25, 0.3) is 5.57 Å². The quantitative estimate of drug-likeness (QED) is 0.487. The van der Waals surface area contributed by atoms with E-state index in [9.17, 15) is 14.9 Å². The molecule has 1 N–H and O–H groups in total. The van der Waals surface area contributed by atoms with Crippen LogP contribution < -0.4 is 0 Å². The normalized spacial score (nSPS) is 11.1. The lowest BCUT2D eigenvalue weighted by Gasteiger charge is -2.08. The van der Waals surface area contributed by atoms with Gasteiger partial charge in [-0.05, 0) is 5.56 Å². The fourth-order valence-electron chi connectivity index (χ4n) is 1.30. The van der Waals surface area contributed by atoms with Crippen LogP contribution in [0.4, 0.5) is 5.69 Å². The summed E-state index contributed by atoms with van der Waals surface area (Å²) < 4.78 is 0. The highest BCUT2D eigenvalue weighted by Crippen LogP contribution is 2.20. The molecule has 0 aliphatic rings. The van der Waals surface area contributed by atoms with E-state index in [4.69, 9.17) is 5.11 Å². The van der Waals surface area contributed by atoms with Gasteiger partial charge in [0.25, 0.3) is 5.69 Å². The van der Waals surface area contributed by atoms with Gasteiger partial charge in [-0.25, -0.2) is 4.79 Å². The van der Waals surface area contributed by atoms with Crippen LogP contribution in [-0.2, 0) is 4.79 Å². The van der Waals surface area contributed by atoms with Gasteiger partial charge in [0.2, 0.25) is 0 Å². The maximum atomic E-state index is 11.1. The summed E-state index contributed by atoms with van der Waals surface area (Å²) in [6.45, 7) is 0. The van der Waals surface area contributed by atoms with Crippen molar-refractivity contribution in [3.63, 3.8) is 0 Å². The van der Waals surface area contributed by atoms with Gasteiger partial charge in [-0.15, -0.1) is 0 Å². The second kappa shape index (κ2) is 5.11. The lowest BCUT2D eigenvalue weighted by Crippen LogP contribution is -2.08. The van der Waals surface area contributed by atoms with Crippen LogP contribution in [0.5, 0.6) is 0 Å². The van der Waals surface area contributed by atoms with Crippen LogP contribution in [0, 0.1) is 10.1 Å². The van der Waals surface area contributed by atoms with Gasteiger partial charge in [-0.1, -0.05) is 12.1 Å². The van der Waals surface area contributed by atoms with Gasteiger partial charge >= 0.3 is 5.97 Å². The Hall–Kier alpha value is -2.37. The molecule has 0 fully saturated rings. The van der Waals surface area contributed by atoms with E-state index in [1.165, 1.54) is 30.5 Å². The summed E-state index contributed by atoms with van der Waals surface area (Å²) in [5, 5.41) is 19.6. The third-order valence-electron chi connectivity index (χ3n) is 1.99. The van der Waals surface area contributed by atoms with Crippen LogP contribution in [0.1, 0.15) is 5.56 Å². The summed E-state index contributed by atoms with van der Waals surface area (Å²) >= 11 is 0. The second-order valence-corrected chi connectivity index (χ2v) is 3.62. The summed E-state index contributed by atoms with van der Waals surface area (Å²) in [6, 6.07) is 5.54. The smallest absolute Gasteiger partial charge is 0.337 e. The Morgan fingerprint density at radius 3 is 2.59 bits per heavy atom. The van der Waals surface area contributed by atoms with E-state index in [-0.39, 0.29) is 11.3 Å². The Labute approximate surface area is 97.9 Å². The SMILES string of the molecule is CN(C)/C=C(/C(=O)O)c1cccc([N+](=O)[O-])c1. The molecule has 1 aromatic carbocycles. The third kappa shape index (κ3) is 3.30. The molecule has 1 aromatic rings. The lowest BCUT2D eigenvalue weighted by molar-refractivity contribution is -0.384. The number of rotatable bonds is 4. The molecule has 6 heteroatoms. The summed E-state index contributed by atoms with van der Waals surface area (Å²) in [4.78, 5) is 22.7. The van der Waals surface area contributed by atoms with Crippen molar-refractivity contribution in [2.75, 3.05) is 14.1 Å². The molecule has 0 saturated heterocycles. The molecule has 0 bridgehead atoms. The summed E-state index contributed by atoms with van der Waals surface area (Å²) in [7, 11) is 3.36.